The number of aliphatic hydroxyl groups is 1. The van der Waals surface area contributed by atoms with E-state index in [0.717, 1.165) is 14.7 Å². The van der Waals surface area contributed by atoms with Gasteiger partial charge in [-0.2, -0.15) is 0 Å². The number of likely N-dealkylation sites (N-methyl/N-ethyl adjacent to an activating group) is 1. The van der Waals surface area contributed by atoms with Gasteiger partial charge in [-0.3, -0.25) is 0 Å². The minimum atomic E-state index is -0.205. The summed E-state index contributed by atoms with van der Waals surface area (Å²) in [5.74, 6) is 0.233. The van der Waals surface area contributed by atoms with Crippen molar-refractivity contribution < 1.29 is 10.2 Å². The van der Waals surface area contributed by atoms with Gasteiger partial charge in [0.05, 0.1) is 12.6 Å². The van der Waals surface area contributed by atoms with Crippen LogP contribution in [0.4, 0.5) is 0 Å². The molecule has 0 saturated carbocycles. The Kier molecular flexibility index (Phi) is 4.15. The summed E-state index contributed by atoms with van der Waals surface area (Å²) in [5.41, 5.74) is 1.78. The van der Waals surface area contributed by atoms with Crippen molar-refractivity contribution in [3.8, 4) is 5.75 Å². The third-order valence-electron chi connectivity index (χ3n) is 2.21. The highest BCUT2D eigenvalue weighted by atomic mass is 127. The van der Waals surface area contributed by atoms with Gasteiger partial charge in [0.1, 0.15) is 5.75 Å². The van der Waals surface area contributed by atoms with Crippen molar-refractivity contribution >= 4 is 22.6 Å². The fourth-order valence-electron chi connectivity index (χ4n) is 1.31. The first-order chi connectivity index (χ1) is 6.60. The number of benzene rings is 1. The lowest BCUT2D eigenvalue weighted by atomic mass is 10.0. The number of nitrogens with one attached hydrogen (secondary N) is 1. The van der Waals surface area contributed by atoms with Gasteiger partial charge in [-0.15, -0.1) is 0 Å². The molecule has 0 aromatic heterocycles. The SMILES string of the molecule is CN[C@H](CO)c1cc(I)c(C)cc1O. The number of phenols is 1. The van der Waals surface area contributed by atoms with Crippen LogP contribution in [0.3, 0.4) is 0 Å². The van der Waals surface area contributed by atoms with Gasteiger partial charge in [0.15, 0.2) is 0 Å². The minimum Gasteiger partial charge on any atom is -0.508 e. The first-order valence-electron chi connectivity index (χ1n) is 4.37. The second-order valence-electron chi connectivity index (χ2n) is 3.18. The van der Waals surface area contributed by atoms with Gasteiger partial charge < -0.3 is 15.5 Å². The molecule has 0 radical (unpaired) electrons. The molecule has 0 fully saturated rings. The van der Waals surface area contributed by atoms with Crippen LogP contribution in [0, 0.1) is 10.5 Å². The highest BCUT2D eigenvalue weighted by Gasteiger charge is 2.13. The lowest BCUT2D eigenvalue weighted by Gasteiger charge is -2.16. The Balaban J connectivity index is 3.14. The molecule has 1 aromatic carbocycles. The zero-order chi connectivity index (χ0) is 10.7. The first kappa shape index (κ1) is 11.7. The largest absolute Gasteiger partial charge is 0.508 e. The molecule has 0 amide bonds. The molecule has 1 rings (SSSR count). The maximum absolute atomic E-state index is 9.69. The fraction of sp³-hybridized carbons (Fsp3) is 0.400. The maximum atomic E-state index is 9.69. The van der Waals surface area contributed by atoms with Crippen molar-refractivity contribution in [2.45, 2.75) is 13.0 Å². The van der Waals surface area contributed by atoms with Crippen LogP contribution in [0.1, 0.15) is 17.2 Å². The minimum absolute atomic E-state index is 0.0246. The second-order valence-corrected chi connectivity index (χ2v) is 4.35. The molecule has 78 valence electrons. The van der Waals surface area contributed by atoms with Crippen molar-refractivity contribution in [2.24, 2.45) is 0 Å². The molecule has 14 heavy (non-hydrogen) atoms. The van der Waals surface area contributed by atoms with E-state index in [0.29, 0.717) is 0 Å². The van der Waals surface area contributed by atoms with Gasteiger partial charge in [-0.1, -0.05) is 0 Å². The van der Waals surface area contributed by atoms with Crippen LogP contribution in [-0.4, -0.2) is 23.9 Å². The molecule has 0 spiro atoms. The predicted octanol–water partition coefficient (Wildman–Crippen LogP) is 1.56. The molecular formula is C10H14INO2. The van der Waals surface area contributed by atoms with E-state index in [1.807, 2.05) is 13.0 Å². The third kappa shape index (κ3) is 2.37. The monoisotopic (exact) mass is 307 g/mol. The van der Waals surface area contributed by atoms with Crippen LogP contribution in [0.2, 0.25) is 0 Å². The van der Waals surface area contributed by atoms with Gasteiger partial charge in [-0.25, -0.2) is 0 Å². The van der Waals surface area contributed by atoms with Crippen LogP contribution < -0.4 is 5.32 Å². The molecule has 0 aliphatic heterocycles. The van der Waals surface area contributed by atoms with E-state index in [1.54, 1.807) is 13.1 Å². The van der Waals surface area contributed by atoms with Gasteiger partial charge in [0, 0.05) is 9.13 Å². The molecule has 0 heterocycles. The average Bonchev–Trinajstić information content (AvgIpc) is 2.15. The summed E-state index contributed by atoms with van der Waals surface area (Å²) < 4.78 is 1.09. The number of phenolic OH excluding ortho intramolecular Hbond substituents is 1. The van der Waals surface area contributed by atoms with E-state index < -0.39 is 0 Å². The Morgan fingerprint density at radius 2 is 2.14 bits per heavy atom. The zero-order valence-electron chi connectivity index (χ0n) is 8.21. The Morgan fingerprint density at radius 1 is 1.50 bits per heavy atom. The predicted molar refractivity (Wildman–Crippen MR) is 64.4 cm³/mol. The summed E-state index contributed by atoms with van der Waals surface area (Å²) >= 11 is 2.21. The standard InChI is InChI=1S/C10H14INO2/c1-6-3-10(14)7(4-8(6)11)9(5-13)12-2/h3-4,9,12-14H,5H2,1-2H3/t9-/m1/s1. The summed E-state index contributed by atoms with van der Waals surface area (Å²) in [4.78, 5) is 0. The summed E-state index contributed by atoms with van der Waals surface area (Å²) in [7, 11) is 1.76. The molecule has 3 N–H and O–H groups in total. The Bertz CT molecular complexity index is 324. The van der Waals surface area contributed by atoms with Crippen LogP contribution >= 0.6 is 22.6 Å². The molecule has 0 aliphatic carbocycles. The Hall–Kier alpha value is -0.330. The van der Waals surface area contributed by atoms with Crippen molar-refractivity contribution in [1.29, 1.82) is 0 Å². The Morgan fingerprint density at radius 3 is 2.64 bits per heavy atom. The molecule has 4 heteroatoms. The van der Waals surface area contributed by atoms with Crippen LogP contribution in [0.15, 0.2) is 12.1 Å². The molecule has 3 nitrogen and oxygen atoms in total. The second kappa shape index (κ2) is 4.95. The summed E-state index contributed by atoms with van der Waals surface area (Å²) in [5, 5.41) is 21.7. The molecule has 0 saturated heterocycles. The highest BCUT2D eigenvalue weighted by Crippen LogP contribution is 2.28. The third-order valence-corrected chi connectivity index (χ3v) is 3.38. The average molecular weight is 307 g/mol. The van der Waals surface area contributed by atoms with E-state index in [4.69, 9.17) is 5.11 Å². The number of aryl methyl sites for hydroxylation is 1. The van der Waals surface area contributed by atoms with Crippen LogP contribution in [0.5, 0.6) is 5.75 Å². The normalized spacial score (nSPS) is 12.9. The number of aromatic hydroxyl groups is 1. The van der Waals surface area contributed by atoms with E-state index in [9.17, 15) is 5.11 Å². The fourth-order valence-corrected chi connectivity index (χ4v) is 1.80. The number of aliphatic hydroxyl groups excluding tert-OH is 1. The molecular weight excluding hydrogens is 293 g/mol. The van der Waals surface area contributed by atoms with Crippen LogP contribution in [0.25, 0.3) is 0 Å². The molecule has 0 bridgehead atoms. The van der Waals surface area contributed by atoms with E-state index in [1.165, 1.54) is 0 Å². The summed E-state index contributed by atoms with van der Waals surface area (Å²) in [6.45, 7) is 1.92. The molecule has 0 unspecified atom stereocenters. The maximum Gasteiger partial charge on any atom is 0.120 e. The van der Waals surface area contributed by atoms with Crippen molar-refractivity contribution in [3.05, 3.63) is 26.8 Å². The van der Waals surface area contributed by atoms with E-state index >= 15 is 0 Å². The Labute approximate surface area is 97.3 Å². The van der Waals surface area contributed by atoms with Gasteiger partial charge in [0.25, 0.3) is 0 Å². The van der Waals surface area contributed by atoms with Crippen LogP contribution in [-0.2, 0) is 0 Å². The summed E-state index contributed by atoms with van der Waals surface area (Å²) in [6.07, 6.45) is 0. The first-order valence-corrected chi connectivity index (χ1v) is 5.45. The van der Waals surface area contributed by atoms with Crippen molar-refractivity contribution in [2.75, 3.05) is 13.7 Å². The lowest BCUT2D eigenvalue weighted by molar-refractivity contribution is 0.248. The summed E-state index contributed by atoms with van der Waals surface area (Å²) in [6, 6.07) is 3.41. The molecule has 0 aliphatic rings. The van der Waals surface area contributed by atoms with Gasteiger partial charge in [0.2, 0.25) is 0 Å². The topological polar surface area (TPSA) is 52.5 Å². The highest BCUT2D eigenvalue weighted by molar-refractivity contribution is 14.1. The number of hydrogen-bond acceptors (Lipinski definition) is 3. The molecule has 1 atom stereocenters. The van der Waals surface area contributed by atoms with Crippen molar-refractivity contribution in [1.82, 2.24) is 5.32 Å². The quantitative estimate of drug-likeness (QED) is 0.743. The van der Waals surface area contributed by atoms with Gasteiger partial charge in [-0.05, 0) is 54.3 Å². The number of hydrogen-bond donors (Lipinski definition) is 3. The number of rotatable bonds is 3. The van der Waals surface area contributed by atoms with E-state index in [2.05, 4.69) is 27.9 Å². The van der Waals surface area contributed by atoms with E-state index in [-0.39, 0.29) is 18.4 Å². The zero-order valence-corrected chi connectivity index (χ0v) is 10.4. The number of halogens is 1. The smallest absolute Gasteiger partial charge is 0.120 e. The lowest BCUT2D eigenvalue weighted by Crippen LogP contribution is -2.20. The van der Waals surface area contributed by atoms with Crippen molar-refractivity contribution in [3.63, 3.8) is 0 Å². The van der Waals surface area contributed by atoms with Gasteiger partial charge >= 0.3 is 0 Å². The molecule has 1 aromatic rings.